The van der Waals surface area contributed by atoms with E-state index in [1.54, 1.807) is 0 Å². The van der Waals surface area contributed by atoms with Crippen LogP contribution in [-0.4, -0.2) is 64.4 Å². The minimum Gasteiger partial charge on any atom is -0.480 e. The predicted octanol–water partition coefficient (Wildman–Crippen LogP) is 3.13. The van der Waals surface area contributed by atoms with Gasteiger partial charge in [0.25, 0.3) is 0 Å². The lowest BCUT2D eigenvalue weighted by molar-refractivity contribution is -0.148. The monoisotopic (exact) mass is 478 g/mol. The number of aliphatic carboxylic acids is 1. The maximum Gasteiger partial charge on any atom is 0.407 e. The lowest BCUT2D eigenvalue weighted by Crippen LogP contribution is -2.44. The molecular weight excluding hydrogens is 448 g/mol. The second-order valence-electron chi connectivity index (χ2n) is 9.76. The zero-order valence-electron chi connectivity index (χ0n) is 19.4. The normalized spacial score (nSPS) is 25.2. The third-order valence-corrected chi connectivity index (χ3v) is 7.63. The Balaban J connectivity index is 1.18. The van der Waals surface area contributed by atoms with Crippen molar-refractivity contribution < 1.29 is 29.3 Å². The molecule has 1 saturated carbocycles. The number of carboxylic acids is 1. The highest BCUT2D eigenvalue weighted by molar-refractivity contribution is 5.84. The summed E-state index contributed by atoms with van der Waals surface area (Å²) in [4.78, 5) is 38.3. The molecule has 0 bridgehead atoms. The number of aliphatic hydroxyl groups excluding tert-OH is 1. The second-order valence-corrected chi connectivity index (χ2v) is 9.76. The summed E-state index contributed by atoms with van der Waals surface area (Å²) in [7, 11) is 0. The van der Waals surface area contributed by atoms with E-state index in [2.05, 4.69) is 29.6 Å². The summed E-state index contributed by atoms with van der Waals surface area (Å²) >= 11 is 0. The summed E-state index contributed by atoms with van der Waals surface area (Å²) in [6.07, 6.45) is 1.26. The number of benzene rings is 2. The van der Waals surface area contributed by atoms with Crippen LogP contribution in [0, 0.1) is 5.92 Å². The van der Waals surface area contributed by atoms with E-state index in [0.717, 1.165) is 41.5 Å². The summed E-state index contributed by atoms with van der Waals surface area (Å²) in [5.41, 5.74) is 4.62. The van der Waals surface area contributed by atoms with Crippen LogP contribution in [0.5, 0.6) is 0 Å². The molecule has 3 N–H and O–H groups in total. The number of alkyl carbamates (subject to hydrolysis) is 1. The molecule has 5 rings (SSSR count). The van der Waals surface area contributed by atoms with Crippen LogP contribution < -0.4 is 5.32 Å². The Morgan fingerprint density at radius 2 is 1.66 bits per heavy atom. The first-order chi connectivity index (χ1) is 16.9. The fourth-order valence-electron chi connectivity index (χ4n) is 5.93. The van der Waals surface area contributed by atoms with Gasteiger partial charge in [-0.3, -0.25) is 4.79 Å². The van der Waals surface area contributed by atoms with Gasteiger partial charge in [-0.05, 0) is 41.0 Å². The number of likely N-dealkylation sites (tertiary alicyclic amines) is 1. The molecule has 1 heterocycles. The molecule has 8 heteroatoms. The van der Waals surface area contributed by atoms with Gasteiger partial charge in [0, 0.05) is 31.3 Å². The van der Waals surface area contributed by atoms with E-state index in [0.29, 0.717) is 0 Å². The standard InChI is InChI=1S/C27H30N2O6/c30-17-13-24(26(32)33)29(14-17)25(31)12-16-6-5-11-23(16)28-27(34)35-15-22-20-9-3-1-7-18(20)19-8-2-4-10-21(19)22/h1-4,7-10,16-17,22-24,30H,5-6,11-15H2,(H,28,34)(H,32,33)/t16?,17-,23?,24-/m1/s1. The van der Waals surface area contributed by atoms with Crippen molar-refractivity contribution in [2.75, 3.05) is 13.2 Å². The zero-order valence-corrected chi connectivity index (χ0v) is 19.4. The number of nitrogens with one attached hydrogen (secondary N) is 1. The molecule has 0 radical (unpaired) electrons. The van der Waals surface area contributed by atoms with Crippen LogP contribution in [0.25, 0.3) is 11.1 Å². The maximum atomic E-state index is 12.8. The number of carbonyl (C=O) groups is 3. The molecule has 0 aromatic heterocycles. The molecule has 2 amide bonds. The van der Waals surface area contributed by atoms with Crippen molar-refractivity contribution in [2.24, 2.45) is 5.92 Å². The number of aliphatic hydroxyl groups is 1. The number of ether oxygens (including phenoxy) is 1. The molecular formula is C27H30N2O6. The Hall–Kier alpha value is -3.39. The first kappa shape index (κ1) is 23.4. The molecule has 2 aromatic carbocycles. The number of carbonyl (C=O) groups excluding carboxylic acids is 2. The molecule has 1 aliphatic heterocycles. The smallest absolute Gasteiger partial charge is 0.407 e. The highest BCUT2D eigenvalue weighted by Crippen LogP contribution is 2.44. The van der Waals surface area contributed by atoms with Crippen molar-refractivity contribution in [2.45, 2.75) is 56.2 Å². The average molecular weight is 479 g/mol. The highest BCUT2D eigenvalue weighted by Gasteiger charge is 2.41. The van der Waals surface area contributed by atoms with Gasteiger partial charge in [-0.2, -0.15) is 0 Å². The van der Waals surface area contributed by atoms with Crippen LogP contribution in [0.15, 0.2) is 48.5 Å². The van der Waals surface area contributed by atoms with E-state index in [4.69, 9.17) is 4.74 Å². The molecule has 0 spiro atoms. The van der Waals surface area contributed by atoms with E-state index in [9.17, 15) is 24.6 Å². The molecule has 8 nitrogen and oxygen atoms in total. The number of amides is 2. The van der Waals surface area contributed by atoms with Gasteiger partial charge in [-0.15, -0.1) is 0 Å². The van der Waals surface area contributed by atoms with Crippen molar-refractivity contribution in [3.63, 3.8) is 0 Å². The molecule has 1 saturated heterocycles. The number of hydrogen-bond donors (Lipinski definition) is 3. The highest BCUT2D eigenvalue weighted by atomic mass is 16.5. The third-order valence-electron chi connectivity index (χ3n) is 7.63. The van der Waals surface area contributed by atoms with Crippen LogP contribution in [0.1, 0.15) is 49.1 Å². The summed E-state index contributed by atoms with van der Waals surface area (Å²) in [5, 5.41) is 22.2. The number of rotatable bonds is 6. The van der Waals surface area contributed by atoms with E-state index in [1.165, 1.54) is 4.90 Å². The Bertz CT molecular complexity index is 1090. The Kier molecular flexibility index (Phi) is 6.47. The molecule has 2 aromatic rings. The SMILES string of the molecule is O=C(NC1CCCC1CC(=O)N1C[C@H](O)C[C@@H]1C(=O)O)OCC1c2ccccc2-c2ccccc21. The Labute approximate surface area is 203 Å². The number of carboxylic acid groups (broad SMARTS) is 1. The van der Waals surface area contributed by atoms with Crippen LogP contribution >= 0.6 is 0 Å². The van der Waals surface area contributed by atoms with E-state index in [-0.39, 0.29) is 49.8 Å². The molecule has 2 aliphatic carbocycles. The van der Waals surface area contributed by atoms with Gasteiger partial charge in [0.05, 0.1) is 6.10 Å². The lowest BCUT2D eigenvalue weighted by Gasteiger charge is -2.26. The molecule has 3 aliphatic rings. The average Bonchev–Trinajstić information content (AvgIpc) is 3.54. The van der Waals surface area contributed by atoms with Crippen LogP contribution in [-0.2, 0) is 14.3 Å². The molecule has 4 atom stereocenters. The summed E-state index contributed by atoms with van der Waals surface area (Å²) in [5.74, 6) is -1.51. The molecule has 2 unspecified atom stereocenters. The quantitative estimate of drug-likeness (QED) is 0.588. The number of nitrogens with zero attached hydrogens (tertiary/aromatic N) is 1. The van der Waals surface area contributed by atoms with Crippen LogP contribution in [0.4, 0.5) is 4.79 Å². The van der Waals surface area contributed by atoms with Gasteiger partial charge in [-0.1, -0.05) is 55.0 Å². The van der Waals surface area contributed by atoms with Gasteiger partial charge >= 0.3 is 12.1 Å². The number of β-amino-alcohol motifs (C(OH)–C–C–N with tert-alkyl or cyclic N) is 1. The van der Waals surface area contributed by atoms with Crippen molar-refractivity contribution in [3.8, 4) is 11.1 Å². The summed E-state index contributed by atoms with van der Waals surface area (Å²) in [6, 6.07) is 15.1. The molecule has 35 heavy (non-hydrogen) atoms. The fraction of sp³-hybridized carbons (Fsp3) is 0.444. The fourth-order valence-corrected chi connectivity index (χ4v) is 5.93. The van der Waals surface area contributed by atoms with Gasteiger partial charge in [0.15, 0.2) is 0 Å². The summed E-state index contributed by atoms with van der Waals surface area (Å²) < 4.78 is 5.66. The van der Waals surface area contributed by atoms with Crippen molar-refractivity contribution >= 4 is 18.0 Å². The van der Waals surface area contributed by atoms with Gasteiger partial charge in [0.2, 0.25) is 5.91 Å². The Morgan fingerprint density at radius 3 is 2.31 bits per heavy atom. The van der Waals surface area contributed by atoms with E-state index >= 15 is 0 Å². The Morgan fingerprint density at radius 1 is 1.00 bits per heavy atom. The number of fused-ring (bicyclic) bond motifs is 3. The second kappa shape index (κ2) is 9.70. The zero-order chi connectivity index (χ0) is 24.5. The first-order valence-electron chi connectivity index (χ1n) is 12.2. The van der Waals surface area contributed by atoms with Crippen LogP contribution in [0.2, 0.25) is 0 Å². The molecule has 184 valence electrons. The third kappa shape index (κ3) is 4.62. The maximum absolute atomic E-state index is 12.8. The van der Waals surface area contributed by atoms with Gasteiger partial charge in [0.1, 0.15) is 12.6 Å². The first-order valence-corrected chi connectivity index (χ1v) is 12.2. The van der Waals surface area contributed by atoms with Gasteiger partial charge < -0.3 is 25.2 Å². The van der Waals surface area contributed by atoms with Gasteiger partial charge in [-0.25, -0.2) is 9.59 Å². The number of hydrogen-bond acceptors (Lipinski definition) is 5. The van der Waals surface area contributed by atoms with Crippen molar-refractivity contribution in [1.29, 1.82) is 0 Å². The van der Waals surface area contributed by atoms with E-state index < -0.39 is 24.2 Å². The van der Waals surface area contributed by atoms with Crippen molar-refractivity contribution in [3.05, 3.63) is 59.7 Å². The van der Waals surface area contributed by atoms with Crippen molar-refractivity contribution in [1.82, 2.24) is 10.2 Å². The minimum absolute atomic E-state index is 0.0244. The topological polar surface area (TPSA) is 116 Å². The largest absolute Gasteiger partial charge is 0.480 e. The van der Waals surface area contributed by atoms with E-state index in [1.807, 2.05) is 24.3 Å². The summed E-state index contributed by atoms with van der Waals surface area (Å²) in [6.45, 7) is 0.259. The minimum atomic E-state index is -1.10. The molecule has 2 fully saturated rings. The van der Waals surface area contributed by atoms with Crippen LogP contribution in [0.3, 0.4) is 0 Å². The predicted molar refractivity (Wildman–Crippen MR) is 128 cm³/mol. The lowest BCUT2D eigenvalue weighted by atomic mass is 9.98.